The van der Waals surface area contributed by atoms with Crippen LogP contribution >= 0.6 is 0 Å². The Labute approximate surface area is 132 Å². The van der Waals surface area contributed by atoms with Crippen LogP contribution < -0.4 is 10.6 Å². The van der Waals surface area contributed by atoms with Crippen molar-refractivity contribution in [1.82, 2.24) is 10.6 Å². The molecule has 23 heavy (non-hydrogen) atoms. The van der Waals surface area contributed by atoms with Gasteiger partial charge in [-0.2, -0.15) is 0 Å². The first-order chi connectivity index (χ1) is 10.9. The first-order valence-electron chi connectivity index (χ1n) is 6.95. The van der Waals surface area contributed by atoms with Gasteiger partial charge in [-0.3, -0.25) is 9.59 Å². The number of aliphatic hydroxyl groups is 1. The summed E-state index contributed by atoms with van der Waals surface area (Å²) in [6.45, 7) is 1.38. The lowest BCUT2D eigenvalue weighted by atomic mass is 10.0. The van der Waals surface area contributed by atoms with E-state index in [4.69, 9.17) is 4.42 Å². The van der Waals surface area contributed by atoms with Crippen LogP contribution in [0.3, 0.4) is 0 Å². The normalized spacial score (nSPS) is 13.2. The number of amides is 2. The Hall–Kier alpha value is -2.67. The van der Waals surface area contributed by atoms with E-state index in [0.717, 1.165) is 0 Å². The number of benzene rings is 1. The maximum Gasteiger partial charge on any atom is 0.309 e. The smallest absolute Gasteiger partial charge is 0.309 e. The first kappa shape index (κ1) is 16.7. The highest BCUT2D eigenvalue weighted by atomic mass is 19.1. The van der Waals surface area contributed by atoms with Gasteiger partial charge in [-0.25, -0.2) is 4.39 Å². The van der Waals surface area contributed by atoms with Gasteiger partial charge in [0.15, 0.2) is 0 Å². The molecule has 0 fully saturated rings. The van der Waals surface area contributed by atoms with Gasteiger partial charge >= 0.3 is 11.8 Å². The van der Waals surface area contributed by atoms with Crippen LogP contribution in [0.4, 0.5) is 4.39 Å². The second kappa shape index (κ2) is 7.06. The third-order valence-electron chi connectivity index (χ3n) is 3.22. The zero-order valence-electron chi connectivity index (χ0n) is 12.5. The summed E-state index contributed by atoms with van der Waals surface area (Å²) in [5.41, 5.74) is -0.758. The minimum absolute atomic E-state index is 0.0983. The standard InChI is InChI=1S/C16H17FN2O4/c1-16(22,13-3-2-8-23-13)10-19-15(21)14(20)18-9-11-4-6-12(17)7-5-11/h2-8,22H,9-10H2,1H3,(H,18,20)(H,19,21)/t16-/m0/s1. The fourth-order valence-corrected chi connectivity index (χ4v) is 1.87. The lowest BCUT2D eigenvalue weighted by Gasteiger charge is -2.20. The molecule has 3 N–H and O–H groups in total. The molecule has 1 heterocycles. The van der Waals surface area contributed by atoms with E-state index in [0.29, 0.717) is 5.56 Å². The molecule has 0 spiro atoms. The topological polar surface area (TPSA) is 91.6 Å². The Morgan fingerprint density at radius 1 is 1.17 bits per heavy atom. The molecule has 6 nitrogen and oxygen atoms in total. The molecule has 1 aromatic carbocycles. The molecular formula is C16H17FN2O4. The Morgan fingerprint density at radius 3 is 2.43 bits per heavy atom. The molecule has 0 aliphatic heterocycles. The molecule has 1 aromatic heterocycles. The van der Waals surface area contributed by atoms with Gasteiger partial charge in [0.25, 0.3) is 0 Å². The summed E-state index contributed by atoms with van der Waals surface area (Å²) in [6.07, 6.45) is 1.40. The van der Waals surface area contributed by atoms with Crippen LogP contribution in [-0.2, 0) is 21.7 Å². The van der Waals surface area contributed by atoms with E-state index in [-0.39, 0.29) is 24.7 Å². The number of carbonyl (C=O) groups is 2. The molecule has 0 bridgehead atoms. The van der Waals surface area contributed by atoms with Crippen LogP contribution in [-0.4, -0.2) is 23.5 Å². The van der Waals surface area contributed by atoms with E-state index in [9.17, 15) is 19.1 Å². The van der Waals surface area contributed by atoms with Crippen molar-refractivity contribution < 1.29 is 23.5 Å². The summed E-state index contributed by atoms with van der Waals surface area (Å²) >= 11 is 0. The molecular weight excluding hydrogens is 303 g/mol. The number of hydrogen-bond acceptors (Lipinski definition) is 4. The number of hydrogen-bond donors (Lipinski definition) is 3. The highest BCUT2D eigenvalue weighted by Gasteiger charge is 2.27. The van der Waals surface area contributed by atoms with E-state index in [1.54, 1.807) is 12.1 Å². The second-order valence-electron chi connectivity index (χ2n) is 5.24. The predicted molar refractivity (Wildman–Crippen MR) is 79.5 cm³/mol. The third kappa shape index (κ3) is 4.65. The Morgan fingerprint density at radius 2 is 1.83 bits per heavy atom. The van der Waals surface area contributed by atoms with Crippen molar-refractivity contribution in [2.75, 3.05) is 6.54 Å². The molecule has 7 heteroatoms. The summed E-state index contributed by atoms with van der Waals surface area (Å²) in [5, 5.41) is 14.9. The van der Waals surface area contributed by atoms with Gasteiger partial charge < -0.3 is 20.2 Å². The molecule has 1 atom stereocenters. The highest BCUT2D eigenvalue weighted by molar-refractivity contribution is 6.35. The average Bonchev–Trinajstić information content (AvgIpc) is 3.07. The van der Waals surface area contributed by atoms with Crippen molar-refractivity contribution in [3.05, 3.63) is 59.8 Å². The molecule has 2 aromatic rings. The molecule has 0 unspecified atom stereocenters. The van der Waals surface area contributed by atoms with Crippen molar-refractivity contribution in [3.8, 4) is 0 Å². The molecule has 2 rings (SSSR count). The van der Waals surface area contributed by atoms with Crippen molar-refractivity contribution in [3.63, 3.8) is 0 Å². The van der Waals surface area contributed by atoms with E-state index in [2.05, 4.69) is 10.6 Å². The number of carbonyl (C=O) groups excluding carboxylic acids is 2. The van der Waals surface area contributed by atoms with Crippen molar-refractivity contribution in [1.29, 1.82) is 0 Å². The zero-order valence-corrected chi connectivity index (χ0v) is 12.5. The monoisotopic (exact) mass is 320 g/mol. The molecule has 2 amide bonds. The molecule has 0 aliphatic rings. The largest absolute Gasteiger partial charge is 0.466 e. The molecule has 0 saturated heterocycles. The fraction of sp³-hybridized carbons (Fsp3) is 0.250. The molecule has 0 radical (unpaired) electrons. The maximum absolute atomic E-state index is 12.8. The van der Waals surface area contributed by atoms with Crippen LogP contribution in [0.25, 0.3) is 0 Å². The second-order valence-corrected chi connectivity index (χ2v) is 5.24. The van der Waals surface area contributed by atoms with Crippen LogP contribution in [0.5, 0.6) is 0 Å². The van der Waals surface area contributed by atoms with Gasteiger partial charge in [-0.15, -0.1) is 0 Å². The minimum Gasteiger partial charge on any atom is -0.466 e. The number of nitrogens with one attached hydrogen (secondary N) is 2. The average molecular weight is 320 g/mol. The fourth-order valence-electron chi connectivity index (χ4n) is 1.87. The van der Waals surface area contributed by atoms with Crippen molar-refractivity contribution >= 4 is 11.8 Å². The summed E-state index contributed by atoms with van der Waals surface area (Å²) in [4.78, 5) is 23.4. The Kier molecular flexibility index (Phi) is 5.13. The summed E-state index contributed by atoms with van der Waals surface area (Å²) in [7, 11) is 0. The maximum atomic E-state index is 12.8. The Bertz CT molecular complexity index is 666. The summed E-state index contributed by atoms with van der Waals surface area (Å²) in [6, 6.07) is 8.73. The van der Waals surface area contributed by atoms with Crippen LogP contribution in [0, 0.1) is 5.82 Å². The van der Waals surface area contributed by atoms with Crippen LogP contribution in [0.1, 0.15) is 18.2 Å². The van der Waals surface area contributed by atoms with Gasteiger partial charge in [0.05, 0.1) is 12.8 Å². The van der Waals surface area contributed by atoms with E-state index >= 15 is 0 Å². The van der Waals surface area contributed by atoms with Crippen molar-refractivity contribution in [2.24, 2.45) is 0 Å². The van der Waals surface area contributed by atoms with E-state index in [1.165, 1.54) is 37.5 Å². The predicted octanol–water partition coefficient (Wildman–Crippen LogP) is 1.06. The van der Waals surface area contributed by atoms with E-state index in [1.807, 2.05) is 0 Å². The van der Waals surface area contributed by atoms with Crippen molar-refractivity contribution in [2.45, 2.75) is 19.1 Å². The lowest BCUT2D eigenvalue weighted by Crippen LogP contribution is -2.45. The Balaban J connectivity index is 1.81. The SMILES string of the molecule is C[C@](O)(CNC(=O)C(=O)NCc1ccc(F)cc1)c1ccco1. The zero-order chi connectivity index (χ0) is 16.9. The summed E-state index contributed by atoms with van der Waals surface area (Å²) < 4.78 is 17.8. The van der Waals surface area contributed by atoms with Gasteiger partial charge in [0.2, 0.25) is 0 Å². The van der Waals surface area contributed by atoms with Crippen LogP contribution in [0.2, 0.25) is 0 Å². The van der Waals surface area contributed by atoms with Gasteiger partial charge in [0.1, 0.15) is 17.2 Å². The molecule has 0 aliphatic carbocycles. The first-order valence-corrected chi connectivity index (χ1v) is 6.95. The summed E-state index contributed by atoms with van der Waals surface area (Å²) in [5.74, 6) is -1.81. The minimum atomic E-state index is -1.42. The van der Waals surface area contributed by atoms with E-state index < -0.39 is 17.4 Å². The number of rotatable bonds is 5. The number of halogens is 1. The third-order valence-corrected chi connectivity index (χ3v) is 3.22. The number of furan rings is 1. The van der Waals surface area contributed by atoms with Gasteiger partial charge in [-0.05, 0) is 36.8 Å². The lowest BCUT2D eigenvalue weighted by molar-refractivity contribution is -0.140. The quantitative estimate of drug-likeness (QED) is 0.718. The molecule has 122 valence electrons. The van der Waals surface area contributed by atoms with Crippen LogP contribution in [0.15, 0.2) is 47.1 Å². The van der Waals surface area contributed by atoms with Gasteiger partial charge in [0, 0.05) is 6.54 Å². The van der Waals surface area contributed by atoms with Gasteiger partial charge in [-0.1, -0.05) is 12.1 Å². The molecule has 0 saturated carbocycles. The highest BCUT2D eigenvalue weighted by Crippen LogP contribution is 2.19.